The molecular weight excluding hydrogens is 1130 g/mol. The number of carbonyl (C=O) groups excluding carboxylic acids is 1. The molecule has 8 aliphatic rings. The molecule has 8 fully saturated rings. The summed E-state index contributed by atoms with van der Waals surface area (Å²) in [7, 11) is -0.384. The number of rotatable bonds is 12. The Hall–Kier alpha value is 1.17. The van der Waals surface area contributed by atoms with Crippen LogP contribution in [0.5, 0.6) is 0 Å². The Balaban J connectivity index is 0.000000540. The quantitative estimate of drug-likeness (QED) is 0.0843. The molecule has 0 aromatic carbocycles. The maximum Gasteiger partial charge on any atom is 2.00 e. The van der Waals surface area contributed by atoms with Crippen molar-refractivity contribution >= 4 is 38.5 Å². The van der Waals surface area contributed by atoms with Gasteiger partial charge in [-0.3, -0.25) is 6.79 Å². The minimum atomic E-state index is -0.0959. The molecule has 0 heterocycles. The Labute approximate surface area is 430 Å². The van der Waals surface area contributed by atoms with Crippen LogP contribution in [-0.2, 0) is 45.3 Å². The summed E-state index contributed by atoms with van der Waals surface area (Å²) in [5.41, 5.74) is 9.88. The standard InChI is InChI=1S/2C25H46P2.3CN.CHO.Pt.Rh/c2*1-5-13-22(14-6-1)26(23-15-7-2-8-16-23)21-27(24-17-9-3-10-18-24)25-19-11-4-12-20-25;4*1-2;;/h2*22-25H,1-21H2;;;;1H;;/q;;4*-1;;+2/p+4. The van der Waals surface area contributed by atoms with Crippen molar-refractivity contribution in [2.45, 2.75) is 302 Å². The molecule has 4 nitrogen and oxygen atoms in total. The monoisotopic (exact) mass is 1230 g/mol. The largest absolute Gasteiger partial charge is 2.00 e. The molecule has 0 amide bonds. The molecule has 64 heavy (non-hydrogen) atoms. The molecule has 0 saturated heterocycles. The van der Waals surface area contributed by atoms with Crippen LogP contribution in [0, 0.1) is 35.5 Å². The van der Waals surface area contributed by atoms with Crippen molar-refractivity contribution in [3.63, 3.8) is 0 Å². The first-order chi connectivity index (χ1) is 30.8. The minimum absolute atomic E-state index is 0. The van der Waals surface area contributed by atoms with Crippen LogP contribution in [0.4, 0.5) is 0 Å². The molecule has 0 N–H and O–H groups in total. The Morgan fingerprint density at radius 1 is 0.266 bits per heavy atom. The van der Waals surface area contributed by atoms with E-state index in [4.69, 9.17) is 40.3 Å². The van der Waals surface area contributed by atoms with Gasteiger partial charge in [-0.1, -0.05) is 51.4 Å². The summed E-state index contributed by atoms with van der Waals surface area (Å²) in [5.74, 6) is 3.72. The summed E-state index contributed by atoms with van der Waals surface area (Å²) >= 11 is 0. The third-order valence-corrected chi connectivity index (χ3v) is 37.4. The van der Waals surface area contributed by atoms with Crippen molar-refractivity contribution < 1.29 is 45.3 Å². The molecule has 8 saturated carbocycles. The van der Waals surface area contributed by atoms with Gasteiger partial charge in [0, 0.05) is 52.8 Å². The van der Waals surface area contributed by atoms with Crippen LogP contribution < -0.4 is 0 Å². The first-order valence-electron chi connectivity index (χ1n) is 27.2. The van der Waals surface area contributed by atoms with Gasteiger partial charge >= 0.3 is 19.5 Å². The van der Waals surface area contributed by atoms with E-state index in [1.54, 1.807) is 257 Å². The first kappa shape index (κ1) is 63.2. The zero-order valence-corrected chi connectivity index (χ0v) is 48.7. The van der Waals surface area contributed by atoms with E-state index in [1.165, 1.54) is 45.3 Å². The van der Waals surface area contributed by atoms with Gasteiger partial charge in [0.25, 0.3) is 0 Å². The number of hydrogen-bond donors (Lipinski definition) is 0. The van der Waals surface area contributed by atoms with Gasteiger partial charge in [0.1, 0.15) is 0 Å². The molecule has 0 aliphatic heterocycles. The van der Waals surface area contributed by atoms with Gasteiger partial charge in [-0.15, -0.1) is 0 Å². The van der Waals surface area contributed by atoms with Crippen molar-refractivity contribution in [3.8, 4) is 0 Å². The van der Waals surface area contributed by atoms with Crippen molar-refractivity contribution in [3.05, 3.63) is 19.7 Å². The Morgan fingerprint density at radius 2 is 0.359 bits per heavy atom. The van der Waals surface area contributed by atoms with Gasteiger partial charge in [0.15, 0.2) is 11.8 Å². The van der Waals surface area contributed by atoms with Gasteiger partial charge in [0.2, 0.25) is 0 Å². The molecule has 0 aromatic heterocycles. The Kier molecular flexibility index (Phi) is 40.3. The zero-order chi connectivity index (χ0) is 44.6. The fourth-order valence-electron chi connectivity index (χ4n) is 14.7. The van der Waals surface area contributed by atoms with E-state index >= 15 is 0 Å². The summed E-state index contributed by atoms with van der Waals surface area (Å²) in [6.45, 7) is 17.5. The normalized spacial score (nSPS) is 24.0. The van der Waals surface area contributed by atoms with E-state index in [1.807, 2.05) is 11.8 Å². The van der Waals surface area contributed by atoms with E-state index in [9.17, 15) is 0 Å². The van der Waals surface area contributed by atoms with Crippen molar-refractivity contribution in [1.82, 2.24) is 0 Å². The second-order valence-electron chi connectivity index (χ2n) is 21.3. The van der Waals surface area contributed by atoms with Gasteiger partial charge in [-0.25, -0.2) is 0 Å². The molecule has 10 heteroatoms. The van der Waals surface area contributed by atoms with Gasteiger partial charge in [0.05, 0.1) is 45.3 Å². The average molecular weight is 1230 g/mol. The second kappa shape index (κ2) is 40.9. The first-order valence-corrected chi connectivity index (χ1v) is 34.6. The average Bonchev–Trinajstić information content (AvgIpc) is 3.39. The fourth-order valence-corrected chi connectivity index (χ4v) is 39.6. The van der Waals surface area contributed by atoms with Crippen LogP contribution in [0.25, 0.3) is 0 Å². The van der Waals surface area contributed by atoms with Gasteiger partial charge in [-0.05, 0) is 205 Å². The van der Waals surface area contributed by atoms with Crippen LogP contribution in [-0.4, -0.2) is 63.9 Å². The second-order valence-corrected chi connectivity index (χ2v) is 35.3. The Bertz CT molecular complexity index is 895. The van der Waals surface area contributed by atoms with E-state index in [0.29, 0.717) is 0 Å². The topological polar surface area (TPSA) is 88.4 Å². The molecule has 0 spiro atoms. The van der Waals surface area contributed by atoms with Crippen LogP contribution >= 0.6 is 31.7 Å². The van der Waals surface area contributed by atoms with Gasteiger partial charge < -0.3 is 40.3 Å². The van der Waals surface area contributed by atoms with E-state index in [2.05, 4.69) is 6.79 Å². The molecule has 0 unspecified atom stereocenters. The summed E-state index contributed by atoms with van der Waals surface area (Å²) < 4.78 is 0. The predicted octanol–water partition coefficient (Wildman–Crippen LogP) is 17.4. The maximum absolute atomic E-state index is 7.75. The summed E-state index contributed by atoms with van der Waals surface area (Å²) in [6.07, 6.45) is 64.1. The Morgan fingerprint density at radius 3 is 0.453 bits per heavy atom. The molecule has 0 bridgehead atoms. The SMILES string of the molecule is C1CCC([PH+](C[PH+](C2CCCCC2)C2CCCCC2)C2CCCCC2)CC1.C1CCC([PH+](C[PH+](C2CCCCC2)C2CCCCC2)C2CCCCC2)CC1.[C-]#N.[C-]#N.[C-]#N.[CH-]=O.[Pt].[Rh+2]. The molecule has 0 atom stereocenters. The van der Waals surface area contributed by atoms with E-state index in [-0.39, 0.29) is 72.2 Å². The molecule has 8 aliphatic carbocycles. The third kappa shape index (κ3) is 22.1. The van der Waals surface area contributed by atoms with E-state index in [0.717, 1.165) is 0 Å². The van der Waals surface area contributed by atoms with Crippen LogP contribution in [0.3, 0.4) is 0 Å². The predicted molar refractivity (Wildman–Crippen MR) is 280 cm³/mol. The van der Waals surface area contributed by atoms with Gasteiger partial charge in [-0.2, -0.15) is 0 Å². The van der Waals surface area contributed by atoms with Crippen LogP contribution in [0.15, 0.2) is 0 Å². The molecule has 0 aromatic rings. The zero-order valence-electron chi connectivity index (χ0n) is 40.8. The van der Waals surface area contributed by atoms with Crippen molar-refractivity contribution in [2.75, 3.05) is 11.8 Å². The van der Waals surface area contributed by atoms with E-state index < -0.39 is 0 Å². The smallest absolute Gasteiger partial charge is 0.545 e. The van der Waals surface area contributed by atoms with Crippen molar-refractivity contribution in [2.24, 2.45) is 0 Å². The third-order valence-electron chi connectivity index (χ3n) is 17.9. The van der Waals surface area contributed by atoms with Crippen molar-refractivity contribution in [1.29, 1.82) is 15.8 Å². The molecular formula is C54H97N3OP4PtRh+2. The number of nitrogens with zero attached hydrogens (tertiary/aromatic N) is 3. The molecule has 371 valence electrons. The minimum Gasteiger partial charge on any atom is -0.545 e. The van der Waals surface area contributed by atoms with Crippen LogP contribution in [0.1, 0.15) is 257 Å². The maximum atomic E-state index is 7.75. The summed E-state index contributed by atoms with van der Waals surface area (Å²) in [4.78, 5) is 7.75. The number of hydrogen-bond acceptors (Lipinski definition) is 4. The summed E-state index contributed by atoms with van der Waals surface area (Å²) in [5, 5.41) is 18.8. The summed E-state index contributed by atoms with van der Waals surface area (Å²) in [6, 6.07) is 0. The molecule has 1 radical (unpaired) electrons. The fraction of sp³-hybridized carbons (Fsp3) is 0.926. The molecule has 8 rings (SSSR count). The van der Waals surface area contributed by atoms with Crippen LogP contribution in [0.2, 0.25) is 0 Å².